The molecule has 1 aromatic heterocycles. The highest BCUT2D eigenvalue weighted by atomic mass is 15.3. The topological polar surface area (TPSA) is 43.8 Å². The van der Waals surface area contributed by atoms with Crippen molar-refractivity contribution in [1.29, 1.82) is 0 Å². The number of aryl methyl sites for hydroxylation is 1. The molecule has 3 nitrogen and oxygen atoms in total. The molecule has 0 aliphatic heterocycles. The van der Waals surface area contributed by atoms with Crippen molar-refractivity contribution in [2.24, 2.45) is 17.6 Å². The van der Waals surface area contributed by atoms with Crippen LogP contribution in [0.1, 0.15) is 45.1 Å². The van der Waals surface area contributed by atoms with E-state index in [0.29, 0.717) is 6.04 Å². The minimum atomic E-state index is 0.320. The van der Waals surface area contributed by atoms with E-state index in [9.17, 15) is 0 Å². The van der Waals surface area contributed by atoms with Gasteiger partial charge in [-0.3, -0.25) is 4.68 Å². The number of hydrogen-bond acceptors (Lipinski definition) is 2. The van der Waals surface area contributed by atoms with Gasteiger partial charge in [-0.25, -0.2) is 0 Å². The van der Waals surface area contributed by atoms with Gasteiger partial charge in [0.25, 0.3) is 0 Å². The third-order valence-electron chi connectivity index (χ3n) is 4.25. The monoisotopic (exact) mass is 235 g/mol. The summed E-state index contributed by atoms with van der Waals surface area (Å²) in [5, 5.41) is 4.31. The Balaban J connectivity index is 1.86. The molecule has 96 valence electrons. The maximum Gasteiger partial charge on any atom is 0.0522 e. The number of aromatic nitrogens is 2. The lowest BCUT2D eigenvalue weighted by atomic mass is 9.92. The van der Waals surface area contributed by atoms with Crippen molar-refractivity contribution in [1.82, 2.24) is 9.78 Å². The van der Waals surface area contributed by atoms with Crippen molar-refractivity contribution in [2.45, 2.75) is 58.5 Å². The molecule has 17 heavy (non-hydrogen) atoms. The average Bonchev–Trinajstić information content (AvgIpc) is 2.96. The minimum Gasteiger partial charge on any atom is -0.327 e. The molecule has 0 aromatic carbocycles. The van der Waals surface area contributed by atoms with E-state index in [1.54, 1.807) is 0 Å². The Morgan fingerprint density at radius 1 is 1.47 bits per heavy atom. The van der Waals surface area contributed by atoms with E-state index in [-0.39, 0.29) is 0 Å². The maximum atomic E-state index is 6.34. The van der Waals surface area contributed by atoms with Gasteiger partial charge in [0.05, 0.1) is 6.20 Å². The second-order valence-electron chi connectivity index (χ2n) is 5.42. The summed E-state index contributed by atoms with van der Waals surface area (Å²) in [6.45, 7) is 5.35. The van der Waals surface area contributed by atoms with Crippen LogP contribution in [-0.2, 0) is 13.0 Å². The number of nitrogens with zero attached hydrogens (tertiary/aromatic N) is 2. The van der Waals surface area contributed by atoms with Gasteiger partial charge in [0.15, 0.2) is 0 Å². The molecule has 0 spiro atoms. The third-order valence-corrected chi connectivity index (χ3v) is 4.25. The largest absolute Gasteiger partial charge is 0.327 e. The zero-order chi connectivity index (χ0) is 12.3. The highest BCUT2D eigenvalue weighted by Crippen LogP contribution is 2.35. The summed E-state index contributed by atoms with van der Waals surface area (Å²) in [6, 6.07) is 0.320. The molecule has 1 heterocycles. The van der Waals surface area contributed by atoms with Crippen LogP contribution >= 0.6 is 0 Å². The van der Waals surface area contributed by atoms with Gasteiger partial charge < -0.3 is 5.73 Å². The molecule has 0 saturated heterocycles. The Labute approximate surface area is 104 Å². The summed E-state index contributed by atoms with van der Waals surface area (Å²) in [5.74, 6) is 1.65. The molecule has 1 aliphatic rings. The molecule has 3 heteroatoms. The van der Waals surface area contributed by atoms with Crippen LogP contribution in [0, 0.1) is 11.8 Å². The van der Waals surface area contributed by atoms with Crippen LogP contribution in [0.2, 0.25) is 0 Å². The quantitative estimate of drug-likeness (QED) is 0.852. The van der Waals surface area contributed by atoms with Gasteiger partial charge in [0, 0.05) is 18.8 Å². The minimum absolute atomic E-state index is 0.320. The summed E-state index contributed by atoms with van der Waals surface area (Å²) in [7, 11) is 0. The van der Waals surface area contributed by atoms with Gasteiger partial charge in [-0.1, -0.05) is 19.8 Å². The molecule has 3 unspecified atom stereocenters. The molecule has 0 radical (unpaired) electrons. The van der Waals surface area contributed by atoms with Crippen LogP contribution in [0.15, 0.2) is 12.4 Å². The van der Waals surface area contributed by atoms with Crippen LogP contribution in [-0.4, -0.2) is 15.8 Å². The molecular formula is C14H25N3. The van der Waals surface area contributed by atoms with E-state index in [2.05, 4.69) is 25.1 Å². The van der Waals surface area contributed by atoms with Crippen molar-refractivity contribution in [3.05, 3.63) is 18.0 Å². The number of nitrogens with two attached hydrogens (primary N) is 1. The lowest BCUT2D eigenvalue weighted by molar-refractivity contribution is 0.405. The molecule has 1 saturated carbocycles. The smallest absolute Gasteiger partial charge is 0.0522 e. The predicted molar refractivity (Wildman–Crippen MR) is 70.7 cm³/mol. The van der Waals surface area contributed by atoms with Crippen molar-refractivity contribution >= 4 is 0 Å². The van der Waals surface area contributed by atoms with Gasteiger partial charge in [-0.2, -0.15) is 5.10 Å². The van der Waals surface area contributed by atoms with Crippen molar-refractivity contribution in [3.63, 3.8) is 0 Å². The Hall–Kier alpha value is -0.830. The normalized spacial score (nSPS) is 26.3. The zero-order valence-electron chi connectivity index (χ0n) is 11.1. The first-order chi connectivity index (χ1) is 8.22. The number of rotatable bonds is 5. The molecule has 1 fully saturated rings. The van der Waals surface area contributed by atoms with E-state index in [0.717, 1.165) is 24.8 Å². The zero-order valence-corrected chi connectivity index (χ0v) is 11.1. The summed E-state index contributed by atoms with van der Waals surface area (Å²) in [6.07, 6.45) is 10.4. The van der Waals surface area contributed by atoms with Crippen molar-refractivity contribution in [2.75, 3.05) is 0 Å². The summed E-state index contributed by atoms with van der Waals surface area (Å²) in [5.41, 5.74) is 7.63. The van der Waals surface area contributed by atoms with Crippen molar-refractivity contribution in [3.8, 4) is 0 Å². The van der Waals surface area contributed by atoms with Gasteiger partial charge >= 0.3 is 0 Å². The van der Waals surface area contributed by atoms with E-state index in [1.165, 1.54) is 31.2 Å². The molecule has 2 N–H and O–H groups in total. The SMILES string of the molecule is CCC1CCC(C(N)Cc2cnn(CC)c2)C1. The second kappa shape index (κ2) is 5.67. The Bertz CT molecular complexity index is 345. The summed E-state index contributed by atoms with van der Waals surface area (Å²) >= 11 is 0. The lowest BCUT2D eigenvalue weighted by Crippen LogP contribution is -2.30. The van der Waals surface area contributed by atoms with E-state index >= 15 is 0 Å². The fourth-order valence-electron chi connectivity index (χ4n) is 3.00. The van der Waals surface area contributed by atoms with Gasteiger partial charge in [0.2, 0.25) is 0 Å². The fraction of sp³-hybridized carbons (Fsp3) is 0.786. The molecule has 3 atom stereocenters. The Morgan fingerprint density at radius 3 is 2.88 bits per heavy atom. The van der Waals surface area contributed by atoms with E-state index < -0.39 is 0 Å². The Kier molecular flexibility index (Phi) is 4.21. The first-order valence-corrected chi connectivity index (χ1v) is 6.99. The summed E-state index contributed by atoms with van der Waals surface area (Å²) in [4.78, 5) is 0. The average molecular weight is 235 g/mol. The molecule has 2 rings (SSSR count). The molecular weight excluding hydrogens is 210 g/mol. The van der Waals surface area contributed by atoms with Gasteiger partial charge in [-0.15, -0.1) is 0 Å². The second-order valence-corrected chi connectivity index (χ2v) is 5.42. The highest BCUT2D eigenvalue weighted by molar-refractivity contribution is 5.07. The lowest BCUT2D eigenvalue weighted by Gasteiger charge is -2.18. The third kappa shape index (κ3) is 3.09. The summed E-state index contributed by atoms with van der Waals surface area (Å²) < 4.78 is 1.98. The highest BCUT2D eigenvalue weighted by Gasteiger charge is 2.28. The van der Waals surface area contributed by atoms with Gasteiger partial charge in [0.1, 0.15) is 0 Å². The maximum absolute atomic E-state index is 6.34. The first-order valence-electron chi connectivity index (χ1n) is 6.99. The van der Waals surface area contributed by atoms with E-state index in [1.807, 2.05) is 10.9 Å². The van der Waals surface area contributed by atoms with Crippen LogP contribution in [0.5, 0.6) is 0 Å². The van der Waals surface area contributed by atoms with Crippen LogP contribution in [0.3, 0.4) is 0 Å². The fourth-order valence-corrected chi connectivity index (χ4v) is 3.00. The van der Waals surface area contributed by atoms with E-state index in [4.69, 9.17) is 5.73 Å². The molecule has 0 amide bonds. The van der Waals surface area contributed by atoms with Crippen LogP contribution in [0.25, 0.3) is 0 Å². The molecule has 1 aromatic rings. The van der Waals surface area contributed by atoms with Gasteiger partial charge in [-0.05, 0) is 43.6 Å². The predicted octanol–water partition coefficient (Wildman–Crippen LogP) is 2.60. The first kappa shape index (κ1) is 12.6. The van der Waals surface area contributed by atoms with Crippen LogP contribution < -0.4 is 5.73 Å². The molecule has 0 bridgehead atoms. The van der Waals surface area contributed by atoms with Crippen molar-refractivity contribution < 1.29 is 0 Å². The van der Waals surface area contributed by atoms with Crippen LogP contribution in [0.4, 0.5) is 0 Å². The Morgan fingerprint density at radius 2 is 2.29 bits per heavy atom. The standard InChI is InChI=1S/C14H25N3/c1-3-11-5-6-13(7-11)14(15)8-12-9-16-17(4-2)10-12/h9-11,13-14H,3-8,15H2,1-2H3. The molecule has 1 aliphatic carbocycles. The number of hydrogen-bond donors (Lipinski definition) is 1.